The van der Waals surface area contributed by atoms with Crippen LogP contribution in [0.5, 0.6) is 0 Å². The highest BCUT2D eigenvalue weighted by molar-refractivity contribution is 6.31. The van der Waals surface area contributed by atoms with E-state index in [4.69, 9.17) is 5.11 Å². The average molecular weight is 201 g/mol. The van der Waals surface area contributed by atoms with Crippen LogP contribution in [0, 0.1) is 0 Å². The molecule has 1 saturated carbocycles. The summed E-state index contributed by atoms with van der Waals surface area (Å²) < 4.78 is 0. The van der Waals surface area contributed by atoms with Gasteiger partial charge in [0, 0.05) is 13.6 Å². The van der Waals surface area contributed by atoms with Crippen LogP contribution in [0.1, 0.15) is 25.7 Å². The van der Waals surface area contributed by atoms with E-state index in [9.17, 15) is 14.7 Å². The van der Waals surface area contributed by atoms with Crippen LogP contribution >= 0.6 is 0 Å². The van der Waals surface area contributed by atoms with Crippen LogP contribution in [0.3, 0.4) is 0 Å². The van der Waals surface area contributed by atoms with Crippen molar-refractivity contribution in [3.05, 3.63) is 0 Å². The van der Waals surface area contributed by atoms with Crippen LogP contribution in [0.4, 0.5) is 0 Å². The van der Waals surface area contributed by atoms with Gasteiger partial charge in [-0.1, -0.05) is 12.8 Å². The molecule has 0 atom stereocenters. The molecular weight excluding hydrogens is 186 g/mol. The van der Waals surface area contributed by atoms with Crippen LogP contribution in [-0.2, 0) is 9.59 Å². The smallest absolute Gasteiger partial charge is 0.394 e. The van der Waals surface area contributed by atoms with Gasteiger partial charge in [0.1, 0.15) is 0 Å². The Balaban J connectivity index is 2.51. The number of amides is 1. The van der Waals surface area contributed by atoms with Crippen LogP contribution in [-0.4, -0.2) is 46.2 Å². The van der Waals surface area contributed by atoms with Crippen molar-refractivity contribution in [1.82, 2.24) is 4.90 Å². The summed E-state index contributed by atoms with van der Waals surface area (Å²) in [4.78, 5) is 22.4. The zero-order valence-corrected chi connectivity index (χ0v) is 8.19. The molecule has 0 unspecified atom stereocenters. The molecule has 0 bridgehead atoms. The predicted molar refractivity (Wildman–Crippen MR) is 48.7 cm³/mol. The quantitative estimate of drug-likeness (QED) is 0.608. The van der Waals surface area contributed by atoms with Gasteiger partial charge >= 0.3 is 11.9 Å². The van der Waals surface area contributed by atoms with E-state index in [1.807, 2.05) is 0 Å². The molecule has 0 spiro atoms. The Morgan fingerprint density at radius 3 is 2.29 bits per heavy atom. The van der Waals surface area contributed by atoms with E-state index in [2.05, 4.69) is 0 Å². The van der Waals surface area contributed by atoms with Crippen molar-refractivity contribution in [3.63, 3.8) is 0 Å². The largest absolute Gasteiger partial charge is 0.474 e. The first-order valence-corrected chi connectivity index (χ1v) is 4.65. The molecule has 5 nitrogen and oxygen atoms in total. The maximum Gasteiger partial charge on any atom is 0.394 e. The Hall–Kier alpha value is -1.10. The molecule has 0 heterocycles. The number of nitrogens with zero attached hydrogens (tertiary/aromatic N) is 1. The number of hydrogen-bond donors (Lipinski definition) is 2. The van der Waals surface area contributed by atoms with Gasteiger partial charge in [0.25, 0.3) is 0 Å². The summed E-state index contributed by atoms with van der Waals surface area (Å²) >= 11 is 0. The highest BCUT2D eigenvalue weighted by Crippen LogP contribution is 2.29. The Morgan fingerprint density at radius 2 is 1.86 bits per heavy atom. The molecule has 1 aliphatic carbocycles. The maximum atomic E-state index is 11.0. The molecule has 1 rings (SSSR count). The topological polar surface area (TPSA) is 77.8 Å². The second kappa shape index (κ2) is 3.96. The summed E-state index contributed by atoms with van der Waals surface area (Å²) in [7, 11) is 1.40. The van der Waals surface area contributed by atoms with Gasteiger partial charge in [0.2, 0.25) is 0 Å². The number of carbonyl (C=O) groups is 2. The molecule has 1 aliphatic rings. The van der Waals surface area contributed by atoms with Gasteiger partial charge in [-0.25, -0.2) is 4.79 Å². The molecule has 14 heavy (non-hydrogen) atoms. The average Bonchev–Trinajstić information content (AvgIpc) is 2.50. The van der Waals surface area contributed by atoms with Gasteiger partial charge in [-0.05, 0) is 12.8 Å². The van der Waals surface area contributed by atoms with Crippen molar-refractivity contribution in [2.75, 3.05) is 13.6 Å². The first-order chi connectivity index (χ1) is 6.44. The SMILES string of the molecule is CN(CC1(O)CCCC1)C(=O)C(=O)O. The lowest BCUT2D eigenvalue weighted by Gasteiger charge is -2.27. The molecule has 5 heteroatoms. The molecule has 0 aromatic rings. The number of carbonyl (C=O) groups excluding carboxylic acids is 1. The van der Waals surface area contributed by atoms with Gasteiger partial charge in [-0.15, -0.1) is 0 Å². The van der Waals surface area contributed by atoms with E-state index >= 15 is 0 Å². The lowest BCUT2D eigenvalue weighted by Crippen LogP contribution is -2.44. The van der Waals surface area contributed by atoms with Gasteiger partial charge in [0.15, 0.2) is 0 Å². The second-order valence-electron chi connectivity index (χ2n) is 3.90. The summed E-state index contributed by atoms with van der Waals surface area (Å²) in [5.74, 6) is -2.44. The van der Waals surface area contributed by atoms with E-state index in [0.717, 1.165) is 17.7 Å². The third-order valence-corrected chi connectivity index (χ3v) is 2.60. The predicted octanol–water partition coefficient (Wildman–Crippen LogP) is -0.166. The molecule has 1 fully saturated rings. The van der Waals surface area contributed by atoms with E-state index in [1.54, 1.807) is 0 Å². The number of rotatable bonds is 2. The Bertz CT molecular complexity index is 245. The van der Waals surface area contributed by atoms with Gasteiger partial charge in [0.05, 0.1) is 5.60 Å². The molecule has 0 aliphatic heterocycles. The number of aliphatic hydroxyl groups is 1. The van der Waals surface area contributed by atoms with E-state index in [-0.39, 0.29) is 6.54 Å². The molecule has 0 saturated heterocycles. The minimum Gasteiger partial charge on any atom is -0.474 e. The zero-order chi connectivity index (χ0) is 10.8. The lowest BCUT2D eigenvalue weighted by molar-refractivity contribution is -0.156. The Kier molecular flexibility index (Phi) is 3.10. The second-order valence-corrected chi connectivity index (χ2v) is 3.90. The molecule has 0 aromatic carbocycles. The van der Waals surface area contributed by atoms with Crippen molar-refractivity contribution in [2.24, 2.45) is 0 Å². The minimum absolute atomic E-state index is 0.109. The van der Waals surface area contributed by atoms with Crippen molar-refractivity contribution in [2.45, 2.75) is 31.3 Å². The molecule has 80 valence electrons. The highest BCUT2D eigenvalue weighted by atomic mass is 16.4. The molecule has 2 N–H and O–H groups in total. The third kappa shape index (κ3) is 2.45. The first kappa shape index (κ1) is 11.0. The Labute approximate surface area is 82.3 Å². The highest BCUT2D eigenvalue weighted by Gasteiger charge is 2.34. The molecule has 1 amide bonds. The molecule has 0 aromatic heterocycles. The normalized spacial score (nSPS) is 19.3. The lowest BCUT2D eigenvalue weighted by atomic mass is 10.0. The summed E-state index contributed by atoms with van der Waals surface area (Å²) in [6.45, 7) is 0.109. The van der Waals surface area contributed by atoms with Gasteiger partial charge in [-0.3, -0.25) is 4.79 Å². The maximum absolute atomic E-state index is 11.0. The fourth-order valence-corrected chi connectivity index (χ4v) is 1.87. The summed E-state index contributed by atoms with van der Waals surface area (Å²) in [6, 6.07) is 0. The minimum atomic E-state index is -1.48. The van der Waals surface area contributed by atoms with Crippen molar-refractivity contribution >= 4 is 11.9 Å². The van der Waals surface area contributed by atoms with Crippen LogP contribution in [0.25, 0.3) is 0 Å². The van der Waals surface area contributed by atoms with Gasteiger partial charge in [-0.2, -0.15) is 0 Å². The van der Waals surface area contributed by atoms with E-state index < -0.39 is 17.5 Å². The molecular formula is C9H15NO4. The zero-order valence-electron chi connectivity index (χ0n) is 8.19. The van der Waals surface area contributed by atoms with Crippen LogP contribution in [0.2, 0.25) is 0 Å². The number of hydrogen-bond acceptors (Lipinski definition) is 3. The van der Waals surface area contributed by atoms with E-state index in [0.29, 0.717) is 12.8 Å². The summed E-state index contributed by atoms with van der Waals surface area (Å²) in [6.07, 6.45) is 3.16. The monoisotopic (exact) mass is 201 g/mol. The first-order valence-electron chi connectivity index (χ1n) is 4.65. The van der Waals surface area contributed by atoms with Crippen LogP contribution in [0.15, 0.2) is 0 Å². The van der Waals surface area contributed by atoms with E-state index in [1.165, 1.54) is 7.05 Å². The number of likely N-dealkylation sites (N-methyl/N-ethyl adjacent to an activating group) is 1. The Morgan fingerprint density at radius 1 is 1.36 bits per heavy atom. The number of aliphatic carboxylic acids is 1. The summed E-state index contributed by atoms with van der Waals surface area (Å²) in [5, 5.41) is 18.3. The fraction of sp³-hybridized carbons (Fsp3) is 0.778. The van der Waals surface area contributed by atoms with Crippen molar-refractivity contribution < 1.29 is 19.8 Å². The van der Waals surface area contributed by atoms with Crippen LogP contribution < -0.4 is 0 Å². The van der Waals surface area contributed by atoms with Gasteiger partial charge < -0.3 is 15.1 Å². The number of carboxylic acid groups (broad SMARTS) is 1. The van der Waals surface area contributed by atoms with Crippen molar-refractivity contribution in [1.29, 1.82) is 0 Å². The standard InChI is InChI=1S/C9H15NO4/c1-10(7(11)8(12)13)6-9(14)4-2-3-5-9/h14H,2-6H2,1H3,(H,12,13). The summed E-state index contributed by atoms with van der Waals surface area (Å²) in [5.41, 5.74) is -0.875. The van der Waals surface area contributed by atoms with Crippen molar-refractivity contribution in [3.8, 4) is 0 Å². The third-order valence-electron chi connectivity index (χ3n) is 2.60. The number of carboxylic acids is 1. The molecule has 0 radical (unpaired) electrons. The fourth-order valence-electron chi connectivity index (χ4n) is 1.87.